The van der Waals surface area contributed by atoms with E-state index < -0.39 is 17.7 Å². The lowest BCUT2D eigenvalue weighted by molar-refractivity contribution is -0.132. The lowest BCUT2D eigenvalue weighted by Crippen LogP contribution is -2.30. The SMILES string of the molecule is Cc1ccc(N2C(=O)C(=O)/C(=C(\O)c3ccc(C)c(C)c3)C2c2ccc(C)o2)c(C)c1. The van der Waals surface area contributed by atoms with Crippen LogP contribution < -0.4 is 4.90 Å². The summed E-state index contributed by atoms with van der Waals surface area (Å²) in [6, 6.07) is 13.8. The second kappa shape index (κ2) is 7.58. The number of aliphatic hydroxyl groups excluding tert-OH is 1. The van der Waals surface area contributed by atoms with Crippen LogP contribution in [-0.2, 0) is 9.59 Å². The number of aryl methyl sites for hydroxylation is 5. The summed E-state index contributed by atoms with van der Waals surface area (Å²) in [5.41, 5.74) is 5.12. The molecule has 1 N–H and O–H groups in total. The van der Waals surface area contributed by atoms with Gasteiger partial charge in [-0.15, -0.1) is 0 Å². The molecule has 5 nitrogen and oxygen atoms in total. The van der Waals surface area contributed by atoms with Crippen molar-refractivity contribution in [2.24, 2.45) is 0 Å². The minimum absolute atomic E-state index is 0.0302. The lowest BCUT2D eigenvalue weighted by Gasteiger charge is -2.25. The molecule has 1 unspecified atom stereocenters. The van der Waals surface area contributed by atoms with Gasteiger partial charge in [-0.05, 0) is 75.6 Å². The van der Waals surface area contributed by atoms with Gasteiger partial charge in [0, 0.05) is 11.3 Å². The van der Waals surface area contributed by atoms with Crippen molar-refractivity contribution in [1.29, 1.82) is 0 Å². The van der Waals surface area contributed by atoms with Gasteiger partial charge in [-0.25, -0.2) is 0 Å². The van der Waals surface area contributed by atoms with Crippen LogP contribution in [-0.4, -0.2) is 16.8 Å². The topological polar surface area (TPSA) is 70.8 Å². The molecule has 1 fully saturated rings. The Balaban J connectivity index is 1.96. The van der Waals surface area contributed by atoms with E-state index in [1.807, 2.05) is 58.0 Å². The molecule has 1 atom stereocenters. The molecule has 31 heavy (non-hydrogen) atoms. The fourth-order valence-electron chi connectivity index (χ4n) is 4.07. The monoisotopic (exact) mass is 415 g/mol. The van der Waals surface area contributed by atoms with E-state index >= 15 is 0 Å². The average Bonchev–Trinajstić information content (AvgIpc) is 3.25. The van der Waals surface area contributed by atoms with E-state index in [0.717, 1.165) is 22.3 Å². The molecule has 0 aliphatic carbocycles. The van der Waals surface area contributed by atoms with Gasteiger partial charge in [0.15, 0.2) is 0 Å². The zero-order valence-corrected chi connectivity index (χ0v) is 18.3. The van der Waals surface area contributed by atoms with Crippen molar-refractivity contribution >= 4 is 23.1 Å². The van der Waals surface area contributed by atoms with E-state index in [4.69, 9.17) is 4.42 Å². The molecular weight excluding hydrogens is 390 g/mol. The Bertz CT molecular complexity index is 1250. The number of hydrogen-bond acceptors (Lipinski definition) is 4. The zero-order valence-electron chi connectivity index (χ0n) is 18.3. The van der Waals surface area contributed by atoms with Gasteiger partial charge >= 0.3 is 0 Å². The largest absolute Gasteiger partial charge is 0.507 e. The van der Waals surface area contributed by atoms with Crippen LogP contribution >= 0.6 is 0 Å². The van der Waals surface area contributed by atoms with Crippen LogP contribution in [0.5, 0.6) is 0 Å². The maximum atomic E-state index is 13.2. The Labute approximate surface area is 181 Å². The number of ketones is 1. The van der Waals surface area contributed by atoms with Crippen LogP contribution in [0.2, 0.25) is 0 Å². The van der Waals surface area contributed by atoms with Crippen molar-refractivity contribution < 1.29 is 19.1 Å². The smallest absolute Gasteiger partial charge is 0.300 e. The normalized spacial score (nSPS) is 18.1. The third-order valence-electron chi connectivity index (χ3n) is 5.87. The van der Waals surface area contributed by atoms with Crippen LogP contribution in [0.4, 0.5) is 5.69 Å². The Hall–Kier alpha value is -3.60. The quantitative estimate of drug-likeness (QED) is 0.351. The van der Waals surface area contributed by atoms with Gasteiger partial charge in [-0.3, -0.25) is 14.5 Å². The average molecular weight is 415 g/mol. The standard InChI is InChI=1S/C26H25NO4/c1-14-6-10-20(17(4)12-14)27-23(21-11-8-18(5)31-21)22(25(29)26(27)30)24(28)19-9-7-15(2)16(3)13-19/h6-13,23,28H,1-5H3/b24-22-. The molecule has 2 aromatic carbocycles. The summed E-state index contributed by atoms with van der Waals surface area (Å²) in [5, 5.41) is 11.2. The van der Waals surface area contributed by atoms with Crippen molar-refractivity contribution in [2.75, 3.05) is 4.90 Å². The van der Waals surface area contributed by atoms with Crippen LogP contribution in [0.15, 0.2) is 58.5 Å². The highest BCUT2D eigenvalue weighted by Gasteiger charge is 2.48. The highest BCUT2D eigenvalue weighted by Crippen LogP contribution is 2.43. The fraction of sp³-hybridized carbons (Fsp3) is 0.231. The summed E-state index contributed by atoms with van der Waals surface area (Å²) >= 11 is 0. The Morgan fingerprint density at radius 2 is 1.61 bits per heavy atom. The van der Waals surface area contributed by atoms with Gasteiger partial charge in [-0.2, -0.15) is 0 Å². The number of hydrogen-bond donors (Lipinski definition) is 1. The molecule has 158 valence electrons. The van der Waals surface area contributed by atoms with E-state index in [1.54, 1.807) is 25.1 Å². The summed E-state index contributed by atoms with van der Waals surface area (Å²) in [7, 11) is 0. The van der Waals surface area contributed by atoms with Crippen molar-refractivity contribution in [3.63, 3.8) is 0 Å². The van der Waals surface area contributed by atoms with Gasteiger partial charge in [0.25, 0.3) is 11.7 Å². The third-order valence-corrected chi connectivity index (χ3v) is 5.87. The first-order chi connectivity index (χ1) is 14.7. The maximum absolute atomic E-state index is 13.2. The molecular formula is C26H25NO4. The van der Waals surface area contributed by atoms with Crippen molar-refractivity contribution in [3.8, 4) is 0 Å². The number of furan rings is 1. The number of nitrogens with zero attached hydrogens (tertiary/aromatic N) is 1. The first-order valence-electron chi connectivity index (χ1n) is 10.2. The summed E-state index contributed by atoms with van der Waals surface area (Å²) in [4.78, 5) is 27.8. The lowest BCUT2D eigenvalue weighted by atomic mass is 9.97. The number of Topliss-reactive ketones (excluding diaryl/α,β-unsaturated/α-hetero) is 1. The first-order valence-corrected chi connectivity index (χ1v) is 10.2. The molecule has 0 radical (unpaired) electrons. The number of amides is 1. The maximum Gasteiger partial charge on any atom is 0.300 e. The Morgan fingerprint density at radius 1 is 0.871 bits per heavy atom. The van der Waals surface area contributed by atoms with E-state index in [-0.39, 0.29) is 11.3 Å². The van der Waals surface area contributed by atoms with Crippen LogP contribution in [0.1, 0.15) is 45.4 Å². The predicted octanol–water partition coefficient (Wildman–Crippen LogP) is 5.45. The molecule has 1 aromatic heterocycles. The molecule has 1 saturated heterocycles. The van der Waals surface area contributed by atoms with E-state index in [2.05, 4.69) is 0 Å². The number of rotatable bonds is 3. The van der Waals surface area contributed by atoms with Gasteiger partial charge in [0.05, 0.1) is 5.57 Å². The summed E-state index contributed by atoms with van der Waals surface area (Å²) in [5.74, 6) is -0.520. The molecule has 5 heteroatoms. The van der Waals surface area contributed by atoms with Crippen LogP contribution in [0.25, 0.3) is 5.76 Å². The van der Waals surface area contributed by atoms with Gasteiger partial charge in [0.2, 0.25) is 0 Å². The molecule has 3 aromatic rings. The second-order valence-corrected chi connectivity index (χ2v) is 8.21. The van der Waals surface area contributed by atoms with Gasteiger partial charge in [-0.1, -0.05) is 29.8 Å². The predicted molar refractivity (Wildman–Crippen MR) is 120 cm³/mol. The molecule has 1 amide bonds. The number of aliphatic hydroxyl groups is 1. The summed E-state index contributed by atoms with van der Waals surface area (Å²) < 4.78 is 5.85. The molecule has 1 aliphatic heterocycles. The number of carbonyl (C=O) groups is 2. The van der Waals surface area contributed by atoms with Crippen molar-refractivity contribution in [3.05, 3.63) is 93.4 Å². The van der Waals surface area contributed by atoms with Gasteiger partial charge in [0.1, 0.15) is 23.3 Å². The Morgan fingerprint density at radius 3 is 2.23 bits per heavy atom. The van der Waals surface area contributed by atoms with Crippen molar-refractivity contribution in [1.82, 2.24) is 0 Å². The van der Waals surface area contributed by atoms with E-state index in [9.17, 15) is 14.7 Å². The van der Waals surface area contributed by atoms with E-state index in [1.165, 1.54) is 4.90 Å². The molecule has 0 saturated carbocycles. The minimum atomic E-state index is -0.850. The van der Waals surface area contributed by atoms with E-state index in [0.29, 0.717) is 22.8 Å². The summed E-state index contributed by atoms with van der Waals surface area (Å²) in [6.07, 6.45) is 0. The van der Waals surface area contributed by atoms with Crippen LogP contribution in [0.3, 0.4) is 0 Å². The molecule has 0 spiro atoms. The van der Waals surface area contributed by atoms with Gasteiger partial charge < -0.3 is 9.52 Å². The van der Waals surface area contributed by atoms with Crippen molar-refractivity contribution in [2.45, 2.75) is 40.7 Å². The molecule has 2 heterocycles. The highest BCUT2D eigenvalue weighted by atomic mass is 16.3. The highest BCUT2D eigenvalue weighted by molar-refractivity contribution is 6.51. The number of carbonyl (C=O) groups excluding carboxylic acids is 2. The summed E-state index contributed by atoms with van der Waals surface area (Å²) in [6.45, 7) is 9.58. The zero-order chi connectivity index (χ0) is 22.4. The minimum Gasteiger partial charge on any atom is -0.507 e. The van der Waals surface area contributed by atoms with Crippen LogP contribution in [0, 0.1) is 34.6 Å². The molecule has 1 aliphatic rings. The molecule has 4 rings (SSSR count). The second-order valence-electron chi connectivity index (χ2n) is 8.21. The first kappa shape index (κ1) is 20.7. The third kappa shape index (κ3) is 3.46. The number of anilines is 1. The Kier molecular flexibility index (Phi) is 5.05. The fourth-order valence-corrected chi connectivity index (χ4v) is 4.07. The number of benzene rings is 2. The molecule has 0 bridgehead atoms.